The molecule has 0 heterocycles. The molecule has 0 aliphatic heterocycles. The molecule has 18 heavy (non-hydrogen) atoms. The van der Waals surface area contributed by atoms with Crippen LogP contribution < -0.4 is 5.73 Å². The second kappa shape index (κ2) is 5.15. The number of carbonyl (C=O) groups is 2. The van der Waals surface area contributed by atoms with Gasteiger partial charge in [0.15, 0.2) is 0 Å². The molecule has 3 N–H and O–H groups in total. The summed E-state index contributed by atoms with van der Waals surface area (Å²) in [7, 11) is -2.91. The van der Waals surface area contributed by atoms with Crippen LogP contribution in [0.3, 0.4) is 0 Å². The quantitative estimate of drug-likeness (QED) is 0.748. The van der Waals surface area contributed by atoms with Gasteiger partial charge in [-0.05, 0) is 12.1 Å². The topological polar surface area (TPSA) is 118 Å². The van der Waals surface area contributed by atoms with E-state index in [2.05, 4.69) is 0 Å². The first kappa shape index (κ1) is 14.1. The lowest BCUT2D eigenvalue weighted by molar-refractivity contribution is -0.118. The van der Waals surface area contributed by atoms with Crippen molar-refractivity contribution in [1.82, 2.24) is 4.31 Å². The number of likely N-dealkylation sites (N-methyl/N-ethyl adjacent to an activating group) is 1. The molecule has 0 atom stereocenters. The Balaban J connectivity index is 3.29. The fourth-order valence-electron chi connectivity index (χ4n) is 1.34. The molecule has 7 nitrogen and oxygen atoms in total. The number of nitrogens with two attached hydrogens (primary N) is 1. The summed E-state index contributed by atoms with van der Waals surface area (Å²) < 4.78 is 24.8. The smallest absolute Gasteiger partial charge is 0.337 e. The average molecular weight is 272 g/mol. The van der Waals surface area contributed by atoms with Crippen LogP contribution in [0.5, 0.6) is 0 Å². The van der Waals surface area contributed by atoms with E-state index in [-0.39, 0.29) is 10.5 Å². The number of nitrogens with zero attached hydrogens (tertiary/aromatic N) is 1. The number of rotatable bonds is 5. The largest absolute Gasteiger partial charge is 0.478 e. The first-order valence-electron chi connectivity index (χ1n) is 4.83. The van der Waals surface area contributed by atoms with Gasteiger partial charge in [-0.25, -0.2) is 13.2 Å². The van der Waals surface area contributed by atoms with E-state index >= 15 is 0 Å². The summed E-state index contributed by atoms with van der Waals surface area (Å²) in [6.45, 7) is -0.518. The summed E-state index contributed by atoms with van der Waals surface area (Å²) in [5, 5.41) is 8.92. The van der Waals surface area contributed by atoms with E-state index < -0.39 is 28.4 Å². The first-order valence-corrected chi connectivity index (χ1v) is 6.27. The lowest BCUT2D eigenvalue weighted by Gasteiger charge is -2.16. The van der Waals surface area contributed by atoms with Gasteiger partial charge in [0.2, 0.25) is 15.9 Å². The van der Waals surface area contributed by atoms with Crippen LogP contribution in [0.25, 0.3) is 0 Å². The molecule has 0 spiro atoms. The maximum Gasteiger partial charge on any atom is 0.337 e. The van der Waals surface area contributed by atoms with Crippen LogP contribution in [-0.4, -0.2) is 43.3 Å². The molecule has 1 aromatic rings. The van der Waals surface area contributed by atoms with Gasteiger partial charge in [-0.15, -0.1) is 0 Å². The Morgan fingerprint density at radius 2 is 1.89 bits per heavy atom. The van der Waals surface area contributed by atoms with Crippen LogP contribution in [0.15, 0.2) is 29.2 Å². The van der Waals surface area contributed by atoms with Crippen LogP contribution in [0.1, 0.15) is 10.4 Å². The second-order valence-electron chi connectivity index (χ2n) is 3.53. The van der Waals surface area contributed by atoms with Gasteiger partial charge in [-0.3, -0.25) is 4.79 Å². The summed E-state index contributed by atoms with van der Waals surface area (Å²) in [6, 6.07) is 5.15. The molecule has 0 aliphatic carbocycles. The van der Waals surface area contributed by atoms with E-state index in [1.807, 2.05) is 0 Å². The van der Waals surface area contributed by atoms with Crippen molar-refractivity contribution in [3.05, 3.63) is 29.8 Å². The van der Waals surface area contributed by atoms with Crippen molar-refractivity contribution in [2.45, 2.75) is 4.90 Å². The number of hydrogen-bond donors (Lipinski definition) is 2. The summed E-state index contributed by atoms with van der Waals surface area (Å²) in [5.74, 6) is -2.18. The molecule has 0 saturated carbocycles. The number of primary amides is 1. The predicted molar refractivity (Wildman–Crippen MR) is 62.4 cm³/mol. The third-order valence-corrected chi connectivity index (χ3v) is 4.05. The Morgan fingerprint density at radius 3 is 2.39 bits per heavy atom. The molecule has 0 radical (unpaired) electrons. The van der Waals surface area contributed by atoms with E-state index in [1.165, 1.54) is 18.2 Å². The standard InChI is InChI=1S/C10H12N2O5S/c1-12(6-9(11)13)18(16,17)8-5-3-2-4-7(8)10(14)15/h2-5H,6H2,1H3,(H2,11,13)(H,14,15). The number of amides is 1. The predicted octanol–water partition coefficient (Wildman–Crippen LogP) is -0.509. The van der Waals surface area contributed by atoms with Gasteiger partial charge in [0.1, 0.15) is 0 Å². The van der Waals surface area contributed by atoms with E-state index in [1.54, 1.807) is 0 Å². The van der Waals surface area contributed by atoms with Gasteiger partial charge in [-0.1, -0.05) is 12.1 Å². The summed E-state index contributed by atoms with van der Waals surface area (Å²) in [5.41, 5.74) is 4.55. The SMILES string of the molecule is CN(CC(N)=O)S(=O)(=O)c1ccccc1C(=O)O. The minimum atomic E-state index is -4.06. The Labute approximate surface area is 104 Å². The minimum absolute atomic E-state index is 0.353. The molecule has 0 aromatic heterocycles. The third kappa shape index (κ3) is 2.84. The maximum atomic E-state index is 12.0. The fraction of sp³-hybridized carbons (Fsp3) is 0.200. The lowest BCUT2D eigenvalue weighted by atomic mass is 10.2. The van der Waals surface area contributed by atoms with Crippen molar-refractivity contribution >= 4 is 21.9 Å². The zero-order valence-electron chi connectivity index (χ0n) is 9.53. The Hall–Kier alpha value is -1.93. The Bertz CT molecular complexity index is 582. The summed E-state index contributed by atoms with van der Waals surface area (Å²) in [4.78, 5) is 21.3. The minimum Gasteiger partial charge on any atom is -0.478 e. The molecule has 0 saturated heterocycles. The van der Waals surface area contributed by atoms with E-state index in [0.717, 1.165) is 13.1 Å². The van der Waals surface area contributed by atoms with Gasteiger partial charge in [0.25, 0.3) is 0 Å². The van der Waals surface area contributed by atoms with E-state index in [9.17, 15) is 18.0 Å². The molecule has 1 amide bonds. The highest BCUT2D eigenvalue weighted by atomic mass is 32.2. The number of hydrogen-bond acceptors (Lipinski definition) is 4. The zero-order valence-corrected chi connectivity index (χ0v) is 10.3. The van der Waals surface area contributed by atoms with Crippen LogP contribution in [0, 0.1) is 0 Å². The number of sulfonamides is 1. The van der Waals surface area contributed by atoms with Crippen molar-refractivity contribution < 1.29 is 23.1 Å². The van der Waals surface area contributed by atoms with Gasteiger partial charge in [-0.2, -0.15) is 4.31 Å². The highest BCUT2D eigenvalue weighted by Crippen LogP contribution is 2.18. The van der Waals surface area contributed by atoms with Crippen molar-refractivity contribution in [3.8, 4) is 0 Å². The van der Waals surface area contributed by atoms with Crippen LogP contribution >= 0.6 is 0 Å². The molecule has 0 aliphatic rings. The van der Waals surface area contributed by atoms with Crippen LogP contribution in [0.4, 0.5) is 0 Å². The van der Waals surface area contributed by atoms with Gasteiger partial charge < -0.3 is 10.8 Å². The van der Waals surface area contributed by atoms with E-state index in [0.29, 0.717) is 4.31 Å². The maximum absolute atomic E-state index is 12.0. The lowest BCUT2D eigenvalue weighted by Crippen LogP contribution is -2.36. The Kier molecular flexibility index (Phi) is 4.04. The molecule has 0 unspecified atom stereocenters. The number of aromatic carboxylic acids is 1. The van der Waals surface area contributed by atoms with Gasteiger partial charge in [0, 0.05) is 7.05 Å². The number of benzene rings is 1. The number of carboxylic acids is 1. The molecular weight excluding hydrogens is 260 g/mol. The first-order chi connectivity index (χ1) is 8.26. The van der Waals surface area contributed by atoms with Gasteiger partial charge in [0.05, 0.1) is 17.0 Å². The molecule has 8 heteroatoms. The normalized spacial score (nSPS) is 11.4. The number of carbonyl (C=O) groups excluding carboxylic acids is 1. The third-order valence-electron chi connectivity index (χ3n) is 2.18. The Morgan fingerprint density at radius 1 is 1.33 bits per heavy atom. The molecule has 98 valence electrons. The van der Waals surface area contributed by atoms with Crippen molar-refractivity contribution in [3.63, 3.8) is 0 Å². The highest BCUT2D eigenvalue weighted by Gasteiger charge is 2.26. The molecule has 1 rings (SSSR count). The average Bonchev–Trinajstić information content (AvgIpc) is 2.28. The van der Waals surface area contributed by atoms with Crippen molar-refractivity contribution in [1.29, 1.82) is 0 Å². The zero-order chi connectivity index (χ0) is 13.9. The fourth-order valence-corrected chi connectivity index (χ4v) is 2.66. The molecule has 0 bridgehead atoms. The second-order valence-corrected chi connectivity index (χ2v) is 5.54. The summed E-state index contributed by atoms with van der Waals surface area (Å²) >= 11 is 0. The summed E-state index contributed by atoms with van der Waals surface area (Å²) in [6.07, 6.45) is 0. The van der Waals surface area contributed by atoms with Gasteiger partial charge >= 0.3 is 5.97 Å². The molecular formula is C10H12N2O5S. The van der Waals surface area contributed by atoms with E-state index in [4.69, 9.17) is 10.8 Å². The highest BCUT2D eigenvalue weighted by molar-refractivity contribution is 7.89. The van der Waals surface area contributed by atoms with Crippen LogP contribution in [0.2, 0.25) is 0 Å². The van der Waals surface area contributed by atoms with Crippen molar-refractivity contribution in [2.24, 2.45) is 5.73 Å². The number of carboxylic acid groups (broad SMARTS) is 1. The van der Waals surface area contributed by atoms with Crippen molar-refractivity contribution in [2.75, 3.05) is 13.6 Å². The molecule has 0 fully saturated rings. The monoisotopic (exact) mass is 272 g/mol. The van der Waals surface area contributed by atoms with Crippen LogP contribution in [-0.2, 0) is 14.8 Å². The molecule has 1 aromatic carbocycles.